The maximum absolute atomic E-state index is 5.48. The first-order valence-electron chi connectivity index (χ1n) is 5.00. The lowest BCUT2D eigenvalue weighted by Gasteiger charge is -2.10. The zero-order valence-corrected chi connectivity index (χ0v) is 9.84. The molecular formula is C10H16N4S. The van der Waals surface area contributed by atoms with Crippen LogP contribution in [0.3, 0.4) is 0 Å². The highest BCUT2D eigenvalue weighted by molar-refractivity contribution is 7.80. The number of nitrogens with zero attached hydrogens (tertiary/aromatic N) is 2. The van der Waals surface area contributed by atoms with E-state index < -0.39 is 0 Å². The van der Waals surface area contributed by atoms with Gasteiger partial charge in [-0.25, -0.2) is 9.97 Å². The van der Waals surface area contributed by atoms with E-state index in [1.54, 1.807) is 12.3 Å². The van der Waals surface area contributed by atoms with Gasteiger partial charge in [-0.1, -0.05) is 32.5 Å². The molecule has 15 heavy (non-hydrogen) atoms. The molecule has 1 atom stereocenters. The van der Waals surface area contributed by atoms with Crippen molar-refractivity contribution >= 4 is 23.2 Å². The van der Waals surface area contributed by atoms with E-state index in [1.807, 2.05) is 0 Å². The highest BCUT2D eigenvalue weighted by atomic mass is 32.1. The molecule has 0 saturated heterocycles. The smallest absolute Gasteiger partial charge is 0.223 e. The second-order valence-electron chi connectivity index (χ2n) is 3.52. The fourth-order valence-corrected chi connectivity index (χ4v) is 1.10. The summed E-state index contributed by atoms with van der Waals surface area (Å²) in [7, 11) is 0. The summed E-state index contributed by atoms with van der Waals surface area (Å²) in [6.45, 7) is 5.18. The number of hydrogen-bond acceptors (Lipinski definition) is 4. The minimum atomic E-state index is 0.295. The van der Waals surface area contributed by atoms with Crippen LogP contribution in [0.25, 0.3) is 0 Å². The fraction of sp³-hybridized carbons (Fsp3) is 0.500. The molecule has 0 aliphatic heterocycles. The minimum Gasteiger partial charge on any atom is -0.388 e. The van der Waals surface area contributed by atoms with Crippen molar-refractivity contribution in [1.29, 1.82) is 0 Å². The summed E-state index contributed by atoms with van der Waals surface area (Å²) in [4.78, 5) is 8.58. The molecule has 0 radical (unpaired) electrons. The summed E-state index contributed by atoms with van der Waals surface area (Å²) in [6, 6.07) is 1.71. The van der Waals surface area contributed by atoms with Crippen molar-refractivity contribution in [2.24, 2.45) is 11.7 Å². The van der Waals surface area contributed by atoms with E-state index in [9.17, 15) is 0 Å². The van der Waals surface area contributed by atoms with Crippen LogP contribution in [-0.2, 0) is 0 Å². The second kappa shape index (κ2) is 5.60. The van der Waals surface area contributed by atoms with Crippen LogP contribution in [0.15, 0.2) is 12.3 Å². The summed E-state index contributed by atoms with van der Waals surface area (Å²) < 4.78 is 0. The Hall–Kier alpha value is -1.23. The average molecular weight is 224 g/mol. The zero-order chi connectivity index (χ0) is 11.3. The van der Waals surface area contributed by atoms with Crippen molar-refractivity contribution in [2.75, 3.05) is 11.9 Å². The Morgan fingerprint density at radius 3 is 3.00 bits per heavy atom. The van der Waals surface area contributed by atoms with Crippen molar-refractivity contribution < 1.29 is 0 Å². The normalized spacial score (nSPS) is 12.1. The number of nitrogens with two attached hydrogens (primary N) is 1. The summed E-state index contributed by atoms with van der Waals surface area (Å²) in [6.07, 6.45) is 2.78. The molecule has 0 aliphatic rings. The molecule has 4 nitrogen and oxygen atoms in total. The monoisotopic (exact) mass is 224 g/mol. The third kappa shape index (κ3) is 3.79. The van der Waals surface area contributed by atoms with E-state index in [4.69, 9.17) is 18.0 Å². The number of aromatic nitrogens is 2. The Morgan fingerprint density at radius 2 is 2.40 bits per heavy atom. The Morgan fingerprint density at radius 1 is 1.67 bits per heavy atom. The Labute approximate surface area is 95.3 Å². The molecule has 1 unspecified atom stereocenters. The highest BCUT2D eigenvalue weighted by Crippen LogP contribution is 2.04. The van der Waals surface area contributed by atoms with Crippen molar-refractivity contribution in [3.63, 3.8) is 0 Å². The molecule has 1 rings (SSSR count). The van der Waals surface area contributed by atoms with Gasteiger partial charge in [0.25, 0.3) is 0 Å². The molecule has 0 amide bonds. The third-order valence-corrected chi connectivity index (χ3v) is 2.42. The molecule has 82 valence electrons. The number of anilines is 1. The third-order valence-electron chi connectivity index (χ3n) is 2.21. The first-order valence-corrected chi connectivity index (χ1v) is 5.41. The van der Waals surface area contributed by atoms with Crippen LogP contribution < -0.4 is 11.1 Å². The van der Waals surface area contributed by atoms with Gasteiger partial charge >= 0.3 is 0 Å². The van der Waals surface area contributed by atoms with Gasteiger partial charge < -0.3 is 11.1 Å². The van der Waals surface area contributed by atoms with Crippen LogP contribution in [-0.4, -0.2) is 21.5 Å². The number of thiocarbonyl (C=S) groups is 1. The lowest BCUT2D eigenvalue weighted by molar-refractivity contribution is 0.591. The average Bonchev–Trinajstić information content (AvgIpc) is 2.26. The summed E-state index contributed by atoms with van der Waals surface area (Å²) >= 11 is 4.84. The molecule has 0 spiro atoms. The predicted molar refractivity (Wildman–Crippen MR) is 65.9 cm³/mol. The number of hydrogen-bond donors (Lipinski definition) is 2. The van der Waals surface area contributed by atoms with Gasteiger partial charge in [0.1, 0.15) is 10.7 Å². The van der Waals surface area contributed by atoms with E-state index in [0.717, 1.165) is 13.0 Å². The first kappa shape index (κ1) is 11.8. The van der Waals surface area contributed by atoms with Crippen LogP contribution in [0.5, 0.6) is 0 Å². The van der Waals surface area contributed by atoms with Crippen molar-refractivity contribution in [2.45, 2.75) is 20.3 Å². The zero-order valence-electron chi connectivity index (χ0n) is 9.03. The molecule has 0 aromatic carbocycles. The van der Waals surface area contributed by atoms with Crippen LogP contribution in [0.2, 0.25) is 0 Å². The lowest BCUT2D eigenvalue weighted by Crippen LogP contribution is -2.16. The SMILES string of the molecule is CCC(C)CNc1nccc(C(N)=S)n1. The van der Waals surface area contributed by atoms with Gasteiger partial charge in [0, 0.05) is 12.7 Å². The summed E-state index contributed by atoms with van der Waals surface area (Å²) in [5.74, 6) is 1.18. The van der Waals surface area contributed by atoms with Gasteiger partial charge in [0.2, 0.25) is 5.95 Å². The van der Waals surface area contributed by atoms with Gasteiger partial charge in [-0.3, -0.25) is 0 Å². The molecule has 0 fully saturated rings. The van der Waals surface area contributed by atoms with E-state index in [1.165, 1.54) is 0 Å². The van der Waals surface area contributed by atoms with Crippen molar-refractivity contribution in [3.05, 3.63) is 18.0 Å². The van der Waals surface area contributed by atoms with E-state index in [-0.39, 0.29) is 0 Å². The quantitative estimate of drug-likeness (QED) is 0.743. The first-order chi connectivity index (χ1) is 7.13. The minimum absolute atomic E-state index is 0.295. The molecule has 1 aromatic heterocycles. The lowest BCUT2D eigenvalue weighted by atomic mass is 10.1. The Balaban J connectivity index is 2.62. The second-order valence-corrected chi connectivity index (χ2v) is 3.96. The Bertz CT molecular complexity index is 340. The summed E-state index contributed by atoms with van der Waals surface area (Å²) in [5.41, 5.74) is 6.08. The maximum Gasteiger partial charge on any atom is 0.223 e. The molecule has 1 aromatic rings. The van der Waals surface area contributed by atoms with Gasteiger partial charge in [-0.05, 0) is 12.0 Å². The van der Waals surface area contributed by atoms with Crippen LogP contribution in [0.4, 0.5) is 5.95 Å². The largest absolute Gasteiger partial charge is 0.388 e. The molecule has 0 aliphatic carbocycles. The van der Waals surface area contributed by atoms with Gasteiger partial charge in [0.05, 0.1) is 0 Å². The maximum atomic E-state index is 5.48. The topological polar surface area (TPSA) is 63.8 Å². The molecular weight excluding hydrogens is 208 g/mol. The van der Waals surface area contributed by atoms with Crippen LogP contribution in [0, 0.1) is 5.92 Å². The standard InChI is InChI=1S/C10H16N4S/c1-3-7(2)6-13-10-12-5-4-8(14-10)9(11)15/h4-5,7H,3,6H2,1-2H3,(H2,11,15)(H,12,13,14). The molecule has 0 bridgehead atoms. The van der Waals surface area contributed by atoms with Crippen LogP contribution in [0.1, 0.15) is 26.0 Å². The van der Waals surface area contributed by atoms with Crippen molar-refractivity contribution in [1.82, 2.24) is 9.97 Å². The van der Waals surface area contributed by atoms with Gasteiger partial charge in [-0.15, -0.1) is 0 Å². The van der Waals surface area contributed by atoms with Gasteiger partial charge in [0.15, 0.2) is 0 Å². The van der Waals surface area contributed by atoms with Crippen LogP contribution >= 0.6 is 12.2 Å². The van der Waals surface area contributed by atoms with E-state index in [2.05, 4.69) is 29.1 Å². The molecule has 3 N–H and O–H groups in total. The fourth-order valence-electron chi connectivity index (χ4n) is 0.991. The van der Waals surface area contributed by atoms with Gasteiger partial charge in [-0.2, -0.15) is 0 Å². The molecule has 5 heteroatoms. The molecule has 1 heterocycles. The Kier molecular flexibility index (Phi) is 4.42. The number of rotatable bonds is 5. The van der Waals surface area contributed by atoms with E-state index in [0.29, 0.717) is 22.5 Å². The predicted octanol–water partition coefficient (Wildman–Crippen LogP) is 1.57. The van der Waals surface area contributed by atoms with Crippen molar-refractivity contribution in [3.8, 4) is 0 Å². The highest BCUT2D eigenvalue weighted by Gasteiger charge is 2.03. The molecule has 0 saturated carbocycles. The summed E-state index contributed by atoms with van der Waals surface area (Å²) in [5, 5.41) is 3.15. The number of nitrogens with one attached hydrogen (secondary N) is 1. The van der Waals surface area contributed by atoms with E-state index >= 15 is 0 Å².